The lowest BCUT2D eigenvalue weighted by atomic mass is 10.2. The predicted octanol–water partition coefficient (Wildman–Crippen LogP) is 3.61. The minimum absolute atomic E-state index is 0.115. The fourth-order valence-corrected chi connectivity index (χ4v) is 5.72. The number of thiazole rings is 1. The first kappa shape index (κ1) is 20.7. The van der Waals surface area contributed by atoms with Gasteiger partial charge in [0.1, 0.15) is 17.4 Å². The Kier molecular flexibility index (Phi) is 5.72. The van der Waals surface area contributed by atoms with Gasteiger partial charge in [-0.15, -0.1) is 11.3 Å². The zero-order chi connectivity index (χ0) is 21.3. The molecular weight excluding hydrogens is 432 g/mol. The van der Waals surface area contributed by atoms with Gasteiger partial charge in [-0.3, -0.25) is 0 Å². The van der Waals surface area contributed by atoms with Gasteiger partial charge in [-0.1, -0.05) is 18.2 Å². The van der Waals surface area contributed by atoms with Gasteiger partial charge < -0.3 is 9.64 Å². The monoisotopic (exact) mass is 451 g/mol. The molecule has 0 N–H and O–H groups in total. The number of hydrogen-bond acceptors (Lipinski definition) is 6. The molecule has 0 amide bonds. The van der Waals surface area contributed by atoms with Crippen LogP contribution >= 0.6 is 11.3 Å². The van der Waals surface area contributed by atoms with E-state index in [0.717, 1.165) is 44.6 Å². The van der Waals surface area contributed by atoms with Crippen LogP contribution in [0, 0.1) is 11.6 Å². The molecule has 3 aromatic rings. The largest absolute Gasteiger partial charge is 0.497 e. The molecule has 0 saturated carbocycles. The highest BCUT2D eigenvalue weighted by atomic mass is 32.2. The Hall–Kier alpha value is -2.56. The molecule has 30 heavy (non-hydrogen) atoms. The third-order valence-corrected chi connectivity index (χ3v) is 7.74. The molecule has 1 aliphatic heterocycles. The predicted molar refractivity (Wildman–Crippen MR) is 111 cm³/mol. The number of methoxy groups -OCH3 is 1. The van der Waals surface area contributed by atoms with E-state index in [-0.39, 0.29) is 13.1 Å². The number of ether oxygens (including phenoxy) is 1. The van der Waals surface area contributed by atoms with Crippen LogP contribution in [-0.2, 0) is 10.0 Å². The van der Waals surface area contributed by atoms with Gasteiger partial charge in [0, 0.05) is 37.1 Å². The number of benzene rings is 2. The second kappa shape index (κ2) is 8.29. The Labute approximate surface area is 177 Å². The lowest BCUT2D eigenvalue weighted by molar-refractivity contribution is 0.378. The fraction of sp³-hybridized carbons (Fsp3) is 0.250. The lowest BCUT2D eigenvalue weighted by Crippen LogP contribution is -2.49. The summed E-state index contributed by atoms with van der Waals surface area (Å²) in [5.41, 5.74) is 1.73. The van der Waals surface area contributed by atoms with Crippen LogP contribution in [0.4, 0.5) is 13.9 Å². The van der Waals surface area contributed by atoms with E-state index in [0.29, 0.717) is 13.1 Å². The zero-order valence-corrected chi connectivity index (χ0v) is 17.7. The van der Waals surface area contributed by atoms with Crippen LogP contribution < -0.4 is 9.64 Å². The number of hydrogen-bond donors (Lipinski definition) is 0. The van der Waals surface area contributed by atoms with Gasteiger partial charge in [-0.05, 0) is 24.3 Å². The van der Waals surface area contributed by atoms with Crippen LogP contribution in [0.3, 0.4) is 0 Å². The normalized spacial score (nSPS) is 15.4. The van der Waals surface area contributed by atoms with Crippen LogP contribution in [-0.4, -0.2) is 51.0 Å². The molecule has 2 heterocycles. The number of aromatic nitrogens is 1. The van der Waals surface area contributed by atoms with Crippen LogP contribution in [0.2, 0.25) is 0 Å². The molecule has 0 bridgehead atoms. The summed E-state index contributed by atoms with van der Waals surface area (Å²) in [6, 6.07) is 10.6. The molecule has 1 aromatic heterocycles. The van der Waals surface area contributed by atoms with E-state index < -0.39 is 26.6 Å². The number of nitrogens with zero attached hydrogens (tertiary/aromatic N) is 3. The molecule has 0 unspecified atom stereocenters. The second-order valence-electron chi connectivity index (χ2n) is 6.69. The summed E-state index contributed by atoms with van der Waals surface area (Å²) >= 11 is 1.46. The molecule has 1 saturated heterocycles. The van der Waals surface area contributed by atoms with Crippen molar-refractivity contribution in [3.05, 3.63) is 59.5 Å². The van der Waals surface area contributed by atoms with E-state index in [1.54, 1.807) is 7.11 Å². The molecule has 1 aliphatic rings. The highest BCUT2D eigenvalue weighted by molar-refractivity contribution is 7.89. The van der Waals surface area contributed by atoms with Crippen LogP contribution in [0.15, 0.2) is 52.7 Å². The number of rotatable bonds is 5. The van der Waals surface area contributed by atoms with Crippen molar-refractivity contribution >= 4 is 26.5 Å². The first-order valence-electron chi connectivity index (χ1n) is 9.19. The first-order valence-corrected chi connectivity index (χ1v) is 11.5. The Balaban J connectivity index is 1.48. The molecule has 6 nitrogen and oxygen atoms in total. The maximum Gasteiger partial charge on any atom is 0.249 e. The van der Waals surface area contributed by atoms with Gasteiger partial charge >= 0.3 is 0 Å². The van der Waals surface area contributed by atoms with Crippen molar-refractivity contribution < 1.29 is 21.9 Å². The molecule has 2 aromatic carbocycles. The second-order valence-corrected chi connectivity index (χ2v) is 9.40. The molecule has 4 rings (SSSR count). The standard InChI is InChI=1S/C20H19F2N3O3S2/c1-28-15-5-2-4-14(12-15)18-13-29-20(23-18)24-8-10-25(11-9-24)30(26,27)19-16(21)6-3-7-17(19)22/h2-7,12-13H,8-11H2,1H3. The number of piperazine rings is 1. The quantitative estimate of drug-likeness (QED) is 0.593. The number of sulfonamides is 1. The average Bonchev–Trinajstić information content (AvgIpc) is 3.24. The van der Waals surface area contributed by atoms with E-state index in [1.165, 1.54) is 11.3 Å². The summed E-state index contributed by atoms with van der Waals surface area (Å²) < 4.78 is 59.8. The van der Waals surface area contributed by atoms with Crippen molar-refractivity contribution in [2.45, 2.75) is 4.90 Å². The molecular formula is C20H19F2N3O3S2. The number of anilines is 1. The molecule has 0 aliphatic carbocycles. The first-order chi connectivity index (χ1) is 14.4. The highest BCUT2D eigenvalue weighted by Crippen LogP contribution is 2.31. The average molecular weight is 452 g/mol. The van der Waals surface area contributed by atoms with Crippen molar-refractivity contribution in [1.29, 1.82) is 0 Å². The summed E-state index contributed by atoms with van der Waals surface area (Å²) in [5, 5.41) is 2.70. The van der Waals surface area contributed by atoms with Gasteiger partial charge in [-0.2, -0.15) is 4.31 Å². The van der Waals surface area contributed by atoms with Crippen molar-refractivity contribution in [3.63, 3.8) is 0 Å². The summed E-state index contributed by atoms with van der Waals surface area (Å²) in [7, 11) is -2.65. The van der Waals surface area contributed by atoms with Gasteiger partial charge in [0.05, 0.1) is 12.8 Å². The minimum atomic E-state index is -4.25. The topological polar surface area (TPSA) is 62.7 Å². The smallest absolute Gasteiger partial charge is 0.249 e. The van der Waals surface area contributed by atoms with Crippen molar-refractivity contribution in [2.24, 2.45) is 0 Å². The van der Waals surface area contributed by atoms with E-state index >= 15 is 0 Å². The summed E-state index contributed by atoms with van der Waals surface area (Å²) in [5.74, 6) is -1.43. The third-order valence-electron chi connectivity index (χ3n) is 4.88. The number of halogens is 2. The van der Waals surface area contributed by atoms with E-state index in [4.69, 9.17) is 4.74 Å². The van der Waals surface area contributed by atoms with Crippen molar-refractivity contribution in [2.75, 3.05) is 38.2 Å². The third kappa shape index (κ3) is 3.90. The SMILES string of the molecule is COc1cccc(-c2csc(N3CCN(S(=O)(=O)c4c(F)cccc4F)CC3)n2)c1. The molecule has 0 atom stereocenters. The van der Waals surface area contributed by atoms with Crippen LogP contribution in [0.25, 0.3) is 11.3 Å². The lowest BCUT2D eigenvalue weighted by Gasteiger charge is -2.33. The Bertz CT molecular complexity index is 1140. The van der Waals surface area contributed by atoms with E-state index in [1.807, 2.05) is 34.5 Å². The molecule has 10 heteroatoms. The summed E-state index contributed by atoms with van der Waals surface area (Å²) in [4.78, 5) is 5.73. The fourth-order valence-electron chi connectivity index (χ4n) is 3.30. The zero-order valence-electron chi connectivity index (χ0n) is 16.1. The minimum Gasteiger partial charge on any atom is -0.497 e. The van der Waals surface area contributed by atoms with E-state index in [2.05, 4.69) is 4.98 Å². The van der Waals surface area contributed by atoms with Crippen LogP contribution in [0.1, 0.15) is 0 Å². The van der Waals surface area contributed by atoms with Crippen molar-refractivity contribution in [3.8, 4) is 17.0 Å². The van der Waals surface area contributed by atoms with Crippen molar-refractivity contribution in [1.82, 2.24) is 9.29 Å². The Morgan fingerprint density at radius 3 is 2.37 bits per heavy atom. The Morgan fingerprint density at radius 2 is 1.70 bits per heavy atom. The van der Waals surface area contributed by atoms with E-state index in [9.17, 15) is 17.2 Å². The molecule has 158 valence electrons. The Morgan fingerprint density at radius 1 is 1.03 bits per heavy atom. The van der Waals surface area contributed by atoms with Gasteiger partial charge in [-0.25, -0.2) is 22.2 Å². The molecule has 1 fully saturated rings. The summed E-state index contributed by atoms with van der Waals surface area (Å²) in [6.45, 7) is 0.981. The summed E-state index contributed by atoms with van der Waals surface area (Å²) in [6.07, 6.45) is 0. The van der Waals surface area contributed by atoms with Gasteiger partial charge in [0.2, 0.25) is 10.0 Å². The molecule has 0 spiro atoms. The van der Waals surface area contributed by atoms with Gasteiger partial charge in [0.25, 0.3) is 0 Å². The molecule has 0 radical (unpaired) electrons. The van der Waals surface area contributed by atoms with Crippen LogP contribution in [0.5, 0.6) is 5.75 Å². The maximum atomic E-state index is 14.0. The van der Waals surface area contributed by atoms with Gasteiger partial charge in [0.15, 0.2) is 10.0 Å². The maximum absolute atomic E-state index is 14.0. The highest BCUT2D eigenvalue weighted by Gasteiger charge is 2.33.